The maximum Gasteiger partial charge on any atom is 0.449 e. The fourth-order valence-corrected chi connectivity index (χ4v) is 2.78. The van der Waals surface area contributed by atoms with Gasteiger partial charge >= 0.3 is 6.18 Å². The predicted octanol–water partition coefficient (Wildman–Crippen LogP) is 4.26. The van der Waals surface area contributed by atoms with Crippen LogP contribution in [0.15, 0.2) is 22.7 Å². The molecule has 1 atom stereocenters. The van der Waals surface area contributed by atoms with Crippen molar-refractivity contribution in [1.29, 1.82) is 0 Å². The molecular formula is C17H21ClF3N5O. The number of hydrogen-bond donors (Lipinski definition) is 1. The van der Waals surface area contributed by atoms with Crippen molar-refractivity contribution in [3.05, 3.63) is 29.8 Å². The first-order valence-corrected chi connectivity index (χ1v) is 8.30. The minimum absolute atomic E-state index is 0. The highest BCUT2D eigenvalue weighted by Crippen LogP contribution is 2.34. The molecule has 0 amide bonds. The minimum atomic E-state index is -4.52. The number of nitrogens with zero attached hydrogens (tertiary/aromatic N) is 4. The monoisotopic (exact) mass is 403 g/mol. The first-order chi connectivity index (χ1) is 12.2. The van der Waals surface area contributed by atoms with E-state index in [-0.39, 0.29) is 35.9 Å². The van der Waals surface area contributed by atoms with Crippen molar-refractivity contribution in [1.82, 2.24) is 25.0 Å². The van der Waals surface area contributed by atoms with E-state index < -0.39 is 12.0 Å². The third-order valence-electron chi connectivity index (χ3n) is 4.16. The van der Waals surface area contributed by atoms with Gasteiger partial charge in [-0.2, -0.15) is 18.2 Å². The van der Waals surface area contributed by atoms with Gasteiger partial charge in [0, 0.05) is 24.1 Å². The molecule has 0 bridgehead atoms. The summed E-state index contributed by atoms with van der Waals surface area (Å²) in [5.74, 6) is -0.114. The Hall–Kier alpha value is -2.13. The molecule has 0 aliphatic heterocycles. The van der Waals surface area contributed by atoms with Gasteiger partial charge in [0.05, 0.1) is 11.0 Å². The lowest BCUT2D eigenvalue weighted by molar-refractivity contribution is -0.147. The molecule has 1 unspecified atom stereocenters. The molecule has 3 aromatic rings. The van der Waals surface area contributed by atoms with Gasteiger partial charge in [-0.1, -0.05) is 5.16 Å². The molecule has 1 N–H and O–H groups in total. The number of rotatable bonds is 5. The number of alkyl halides is 3. The second-order valence-corrected chi connectivity index (χ2v) is 6.51. The molecule has 0 radical (unpaired) electrons. The zero-order chi connectivity index (χ0) is 19.1. The van der Waals surface area contributed by atoms with Gasteiger partial charge < -0.3 is 14.4 Å². The topological polar surface area (TPSA) is 68.8 Å². The van der Waals surface area contributed by atoms with E-state index in [1.54, 1.807) is 32.0 Å². The van der Waals surface area contributed by atoms with E-state index in [4.69, 9.17) is 4.52 Å². The Morgan fingerprint density at radius 1 is 1.19 bits per heavy atom. The number of benzene rings is 1. The van der Waals surface area contributed by atoms with Crippen molar-refractivity contribution in [3.8, 4) is 11.5 Å². The number of likely N-dealkylation sites (N-methyl/N-ethyl adjacent to an activating group) is 1. The molecule has 27 heavy (non-hydrogen) atoms. The maximum atomic E-state index is 13.3. The van der Waals surface area contributed by atoms with Crippen molar-refractivity contribution < 1.29 is 17.7 Å². The van der Waals surface area contributed by atoms with Crippen LogP contribution in [0.4, 0.5) is 13.2 Å². The highest BCUT2D eigenvalue weighted by Gasteiger charge is 2.38. The molecule has 0 spiro atoms. The highest BCUT2D eigenvalue weighted by atomic mass is 35.5. The SMILES string of the molecule is CNC(C)Cc1noc(-c2ccc3c(c2)nc(C(F)(F)F)n3C(C)C)n1.Cl. The van der Waals surface area contributed by atoms with Crippen LogP contribution in [-0.4, -0.2) is 32.8 Å². The van der Waals surface area contributed by atoms with Crippen molar-refractivity contribution in [2.24, 2.45) is 0 Å². The van der Waals surface area contributed by atoms with Crippen LogP contribution in [0.2, 0.25) is 0 Å². The zero-order valence-corrected chi connectivity index (χ0v) is 16.1. The molecule has 0 fully saturated rings. The summed E-state index contributed by atoms with van der Waals surface area (Å²) in [6.07, 6.45) is -3.94. The summed E-state index contributed by atoms with van der Waals surface area (Å²) in [7, 11) is 1.84. The highest BCUT2D eigenvalue weighted by molar-refractivity contribution is 5.85. The van der Waals surface area contributed by atoms with Crippen molar-refractivity contribution in [2.45, 2.75) is 45.5 Å². The maximum absolute atomic E-state index is 13.3. The summed E-state index contributed by atoms with van der Waals surface area (Å²) < 4.78 is 46.3. The molecule has 2 aromatic heterocycles. The van der Waals surface area contributed by atoms with Gasteiger partial charge in [-0.25, -0.2) is 4.98 Å². The van der Waals surface area contributed by atoms with Crippen LogP contribution in [-0.2, 0) is 12.6 Å². The normalized spacial score (nSPS) is 13.2. The number of fused-ring (bicyclic) bond motifs is 1. The summed E-state index contributed by atoms with van der Waals surface area (Å²) in [5.41, 5.74) is 1.20. The third kappa shape index (κ3) is 4.24. The molecule has 0 aliphatic carbocycles. The standard InChI is InChI=1S/C17H20F3N5O.ClH/c1-9(2)25-13-6-5-11(8-12(13)22-16(25)17(18,19)20)15-23-14(24-26-15)7-10(3)21-4;/h5-6,8-10,21H,7H2,1-4H3;1H. The van der Waals surface area contributed by atoms with E-state index in [0.717, 1.165) is 0 Å². The van der Waals surface area contributed by atoms with Gasteiger partial charge in [0.1, 0.15) is 0 Å². The van der Waals surface area contributed by atoms with E-state index in [0.29, 0.717) is 23.3 Å². The van der Waals surface area contributed by atoms with Gasteiger partial charge in [0.25, 0.3) is 5.89 Å². The molecule has 10 heteroatoms. The van der Waals surface area contributed by atoms with Crippen LogP contribution < -0.4 is 5.32 Å². The van der Waals surface area contributed by atoms with E-state index >= 15 is 0 Å². The van der Waals surface area contributed by atoms with Crippen LogP contribution >= 0.6 is 12.4 Å². The molecule has 1 aromatic carbocycles. The lowest BCUT2D eigenvalue weighted by atomic mass is 10.2. The molecule has 2 heterocycles. The Kier molecular flexibility index (Phi) is 6.16. The Morgan fingerprint density at radius 2 is 1.89 bits per heavy atom. The average Bonchev–Trinajstić information content (AvgIpc) is 3.17. The third-order valence-corrected chi connectivity index (χ3v) is 4.16. The van der Waals surface area contributed by atoms with Gasteiger partial charge in [0.15, 0.2) is 5.82 Å². The first-order valence-electron chi connectivity index (χ1n) is 8.30. The number of aromatic nitrogens is 4. The largest absolute Gasteiger partial charge is 0.449 e. The Bertz CT molecular complexity index is 919. The molecule has 148 valence electrons. The van der Waals surface area contributed by atoms with Gasteiger partial charge in [-0.05, 0) is 46.0 Å². The smallest absolute Gasteiger partial charge is 0.334 e. The van der Waals surface area contributed by atoms with Gasteiger partial charge in [-0.15, -0.1) is 12.4 Å². The second-order valence-electron chi connectivity index (χ2n) is 6.51. The Balaban J connectivity index is 0.00000261. The Labute approximate surface area is 160 Å². The van der Waals surface area contributed by atoms with Crippen molar-refractivity contribution >= 4 is 23.4 Å². The number of hydrogen-bond acceptors (Lipinski definition) is 5. The summed E-state index contributed by atoms with van der Waals surface area (Å²) in [4.78, 5) is 8.11. The van der Waals surface area contributed by atoms with E-state index in [2.05, 4.69) is 20.4 Å². The van der Waals surface area contributed by atoms with Gasteiger partial charge in [0.2, 0.25) is 5.82 Å². The molecular weight excluding hydrogens is 383 g/mol. The van der Waals surface area contributed by atoms with Gasteiger partial charge in [-0.3, -0.25) is 0 Å². The second kappa shape index (κ2) is 7.85. The van der Waals surface area contributed by atoms with Crippen LogP contribution in [0, 0.1) is 0 Å². The van der Waals surface area contributed by atoms with E-state index in [9.17, 15) is 13.2 Å². The first kappa shape index (κ1) is 21.2. The lowest BCUT2D eigenvalue weighted by Gasteiger charge is -2.14. The number of halogens is 4. The fraction of sp³-hybridized carbons (Fsp3) is 0.471. The molecule has 0 saturated carbocycles. The quantitative estimate of drug-likeness (QED) is 0.689. The van der Waals surface area contributed by atoms with Crippen LogP contribution in [0.25, 0.3) is 22.5 Å². The van der Waals surface area contributed by atoms with E-state index in [1.165, 1.54) is 4.57 Å². The summed E-state index contributed by atoms with van der Waals surface area (Å²) in [5, 5.41) is 7.00. The molecule has 3 rings (SSSR count). The van der Waals surface area contributed by atoms with Crippen molar-refractivity contribution in [2.75, 3.05) is 7.05 Å². The average molecular weight is 404 g/mol. The summed E-state index contributed by atoms with van der Waals surface area (Å²) in [6.45, 7) is 5.37. The van der Waals surface area contributed by atoms with Crippen LogP contribution in [0.5, 0.6) is 0 Å². The lowest BCUT2D eigenvalue weighted by Crippen LogP contribution is -2.24. The molecule has 6 nitrogen and oxygen atoms in total. The Morgan fingerprint density at radius 3 is 2.48 bits per heavy atom. The molecule has 0 aliphatic rings. The summed E-state index contributed by atoms with van der Waals surface area (Å²) in [6, 6.07) is 4.62. The number of nitrogens with one attached hydrogen (secondary N) is 1. The van der Waals surface area contributed by atoms with E-state index in [1.807, 2.05) is 14.0 Å². The van der Waals surface area contributed by atoms with Crippen molar-refractivity contribution in [3.63, 3.8) is 0 Å². The fourth-order valence-electron chi connectivity index (χ4n) is 2.78. The minimum Gasteiger partial charge on any atom is -0.334 e. The molecule has 0 saturated heterocycles. The van der Waals surface area contributed by atoms with Crippen LogP contribution in [0.1, 0.15) is 38.5 Å². The number of imidazole rings is 1. The predicted molar refractivity (Wildman–Crippen MR) is 97.9 cm³/mol. The van der Waals surface area contributed by atoms with Crippen LogP contribution in [0.3, 0.4) is 0 Å². The summed E-state index contributed by atoms with van der Waals surface area (Å²) >= 11 is 0. The zero-order valence-electron chi connectivity index (χ0n) is 15.3.